The molecule has 1 atom stereocenters. The zero-order valence-corrected chi connectivity index (χ0v) is 19.3. The van der Waals surface area contributed by atoms with Gasteiger partial charge >= 0.3 is 0 Å². The van der Waals surface area contributed by atoms with Gasteiger partial charge in [-0.05, 0) is 61.2 Å². The number of fused-ring (bicyclic) bond motifs is 2. The van der Waals surface area contributed by atoms with E-state index in [2.05, 4.69) is 10.0 Å². The zero-order valence-electron chi connectivity index (χ0n) is 18.5. The molecule has 0 spiro atoms. The maximum atomic E-state index is 16.0. The zero-order chi connectivity index (χ0) is 23.7. The van der Waals surface area contributed by atoms with Gasteiger partial charge in [0, 0.05) is 26.9 Å². The van der Waals surface area contributed by atoms with Crippen LogP contribution in [0.1, 0.15) is 72.9 Å². The van der Waals surface area contributed by atoms with E-state index in [1.807, 2.05) is 13.8 Å². The number of carbonyl (C=O) groups excluding carboxylic acids is 1. The molecule has 5 rings (SSSR count). The van der Waals surface area contributed by atoms with Crippen LogP contribution in [0.15, 0.2) is 28.2 Å². The van der Waals surface area contributed by atoms with E-state index in [-0.39, 0.29) is 33.5 Å². The van der Waals surface area contributed by atoms with Gasteiger partial charge < -0.3 is 4.57 Å². The highest BCUT2D eigenvalue weighted by molar-refractivity contribution is 7.15. The van der Waals surface area contributed by atoms with Crippen molar-refractivity contribution in [2.45, 2.75) is 58.5 Å². The number of hydrogen-bond acceptors (Lipinski definition) is 4. The lowest BCUT2D eigenvalue weighted by Gasteiger charge is -2.35. The summed E-state index contributed by atoms with van der Waals surface area (Å²) in [5, 5.41) is 3.87. The van der Waals surface area contributed by atoms with Gasteiger partial charge in [-0.15, -0.1) is 11.3 Å². The Morgan fingerprint density at radius 1 is 1.30 bits per heavy atom. The number of aromatic nitrogens is 1. The molecule has 2 aliphatic carbocycles. The second-order valence-corrected chi connectivity index (χ2v) is 10.7. The Morgan fingerprint density at radius 2 is 2.03 bits per heavy atom. The average molecular weight is 469 g/mol. The molecule has 0 saturated heterocycles. The van der Waals surface area contributed by atoms with E-state index >= 15 is 8.78 Å². The molecule has 2 aliphatic rings. The van der Waals surface area contributed by atoms with Crippen LogP contribution in [-0.2, 0) is 6.42 Å². The molecule has 170 valence electrons. The molecule has 2 heterocycles. The maximum Gasteiger partial charge on any atom is 0.200 e. The number of benzene rings is 1. The van der Waals surface area contributed by atoms with Crippen LogP contribution in [-0.4, -0.2) is 10.4 Å². The third-order valence-electron chi connectivity index (χ3n) is 6.81. The normalized spacial score (nSPS) is 19.2. The molecule has 1 saturated carbocycles. The summed E-state index contributed by atoms with van der Waals surface area (Å²) in [4.78, 5) is 29.1. The van der Waals surface area contributed by atoms with Crippen molar-refractivity contribution in [3.8, 4) is 10.4 Å². The lowest BCUT2D eigenvalue weighted by molar-refractivity contribution is 0.101. The fourth-order valence-corrected chi connectivity index (χ4v) is 6.26. The summed E-state index contributed by atoms with van der Waals surface area (Å²) in [6.07, 6.45) is 4.53. The van der Waals surface area contributed by atoms with Gasteiger partial charge in [0.15, 0.2) is 17.0 Å². The highest BCUT2D eigenvalue weighted by atomic mass is 32.1. The summed E-state index contributed by atoms with van der Waals surface area (Å²) in [6.45, 7) is 5.32. The van der Waals surface area contributed by atoms with E-state index in [0.29, 0.717) is 4.88 Å². The molecule has 9 heteroatoms. The topological polar surface area (TPSA) is 87.8 Å². The quantitative estimate of drug-likeness (QED) is 0.181. The van der Waals surface area contributed by atoms with Crippen LogP contribution in [0.5, 0.6) is 0 Å². The lowest BCUT2D eigenvalue weighted by atomic mass is 9.74. The van der Waals surface area contributed by atoms with Crippen molar-refractivity contribution in [1.29, 1.82) is 0 Å². The molecule has 2 aromatic heterocycles. The van der Waals surface area contributed by atoms with Crippen LogP contribution in [0.25, 0.3) is 31.8 Å². The predicted octanol–water partition coefficient (Wildman–Crippen LogP) is 6.87. The van der Waals surface area contributed by atoms with Gasteiger partial charge in [-0.25, -0.2) is 8.78 Å². The minimum absolute atomic E-state index is 0.0225. The summed E-state index contributed by atoms with van der Waals surface area (Å²) >= 11 is 1.23. The average Bonchev–Trinajstić information content (AvgIpc) is 3.50. The number of nitrogens with zero attached hydrogens (tertiary/aromatic N) is 4. The number of azide groups is 1. The Morgan fingerprint density at radius 3 is 2.67 bits per heavy atom. The van der Waals surface area contributed by atoms with E-state index in [0.717, 1.165) is 42.2 Å². The standard InChI is InChI=1S/C24H22F2N4O2S/c1-11(31)15-10-30(13-4-5-13)20-14(21(15)32)9-16(25)18(19(20)26)17-8-12-6-7-24(2,3)23(28-29-27)22(12)33-17/h8-10,13,23H,4-7H2,1-3H3. The SMILES string of the molecule is CC(=O)c1cn(C2CC2)c2c(F)c(-c3cc4c(s3)C(N=[N+]=[N-])C(C)(C)CC4)c(F)cc2c1=O. The number of hydrogen-bond donors (Lipinski definition) is 0. The van der Waals surface area contributed by atoms with E-state index in [9.17, 15) is 9.59 Å². The molecule has 3 aromatic rings. The Bertz CT molecular complexity index is 1450. The van der Waals surface area contributed by atoms with Gasteiger partial charge in [0.2, 0.25) is 0 Å². The summed E-state index contributed by atoms with van der Waals surface area (Å²) in [7, 11) is 0. The van der Waals surface area contributed by atoms with Crippen LogP contribution in [0, 0.1) is 17.0 Å². The van der Waals surface area contributed by atoms with Gasteiger partial charge in [0.1, 0.15) is 5.82 Å². The number of Topliss-reactive ketones (excluding diaryl/α,β-unsaturated/α-hetero) is 1. The molecule has 1 aromatic carbocycles. The van der Waals surface area contributed by atoms with Crippen molar-refractivity contribution in [3.05, 3.63) is 66.6 Å². The smallest absolute Gasteiger partial charge is 0.200 e. The molecular weight excluding hydrogens is 446 g/mol. The second-order valence-electron chi connectivity index (χ2n) is 9.61. The van der Waals surface area contributed by atoms with E-state index in [1.54, 1.807) is 10.6 Å². The van der Waals surface area contributed by atoms with E-state index < -0.39 is 28.9 Å². The molecule has 33 heavy (non-hydrogen) atoms. The second kappa shape index (κ2) is 7.50. The number of aryl methyl sites for hydroxylation is 1. The number of carbonyl (C=O) groups is 1. The number of pyridine rings is 1. The molecule has 6 nitrogen and oxygen atoms in total. The first kappa shape index (κ1) is 21.8. The van der Waals surface area contributed by atoms with E-state index in [1.165, 1.54) is 24.5 Å². The number of rotatable bonds is 4. The maximum absolute atomic E-state index is 16.0. The van der Waals surface area contributed by atoms with Crippen molar-refractivity contribution in [1.82, 2.24) is 4.57 Å². The van der Waals surface area contributed by atoms with Gasteiger partial charge in [0.05, 0.1) is 28.1 Å². The molecule has 0 N–H and O–H groups in total. The Labute approximate surface area is 192 Å². The van der Waals surface area contributed by atoms with Gasteiger partial charge in [-0.3, -0.25) is 9.59 Å². The van der Waals surface area contributed by atoms with Crippen LogP contribution < -0.4 is 5.43 Å². The molecule has 1 unspecified atom stereocenters. The molecule has 0 amide bonds. The first-order valence-electron chi connectivity index (χ1n) is 10.9. The predicted molar refractivity (Wildman–Crippen MR) is 124 cm³/mol. The van der Waals surface area contributed by atoms with Crippen molar-refractivity contribution in [2.75, 3.05) is 0 Å². The van der Waals surface area contributed by atoms with Crippen molar-refractivity contribution in [2.24, 2.45) is 10.5 Å². The Hall–Kier alpha value is -3.03. The van der Waals surface area contributed by atoms with Crippen LogP contribution in [0.3, 0.4) is 0 Å². The molecule has 0 bridgehead atoms. The molecule has 0 radical (unpaired) electrons. The fourth-order valence-electron chi connectivity index (χ4n) is 4.76. The third-order valence-corrected chi connectivity index (χ3v) is 8.06. The summed E-state index contributed by atoms with van der Waals surface area (Å²) in [6, 6.07) is 2.38. The van der Waals surface area contributed by atoms with Gasteiger partial charge in [-0.1, -0.05) is 19.0 Å². The van der Waals surface area contributed by atoms with Gasteiger partial charge in [-0.2, -0.15) is 0 Å². The monoisotopic (exact) mass is 468 g/mol. The Kier molecular flexibility index (Phi) is 4.95. The highest BCUT2D eigenvalue weighted by Crippen LogP contribution is 2.51. The third kappa shape index (κ3) is 3.38. The summed E-state index contributed by atoms with van der Waals surface area (Å²) in [5.41, 5.74) is 8.85. The highest BCUT2D eigenvalue weighted by Gasteiger charge is 2.38. The van der Waals surface area contributed by atoms with Gasteiger partial charge in [0.25, 0.3) is 0 Å². The largest absolute Gasteiger partial charge is 0.341 e. The first-order valence-corrected chi connectivity index (χ1v) is 11.7. The fraction of sp³-hybridized carbons (Fsp3) is 0.417. The molecule has 0 aliphatic heterocycles. The summed E-state index contributed by atoms with van der Waals surface area (Å²) in [5.74, 6) is -2.08. The number of ketones is 1. The van der Waals surface area contributed by atoms with Crippen molar-refractivity contribution < 1.29 is 13.6 Å². The first-order chi connectivity index (χ1) is 15.6. The summed E-state index contributed by atoms with van der Waals surface area (Å²) < 4.78 is 32.9. The van der Waals surface area contributed by atoms with E-state index in [4.69, 9.17) is 5.53 Å². The molecular formula is C24H22F2N4O2S. The minimum atomic E-state index is -0.849. The minimum Gasteiger partial charge on any atom is -0.341 e. The van der Waals surface area contributed by atoms with Crippen LogP contribution in [0.4, 0.5) is 8.78 Å². The number of halogens is 2. The van der Waals surface area contributed by atoms with Crippen molar-refractivity contribution in [3.63, 3.8) is 0 Å². The Balaban J connectivity index is 1.77. The number of thiophene rings is 1. The van der Waals surface area contributed by atoms with Crippen molar-refractivity contribution >= 4 is 28.0 Å². The molecule has 1 fully saturated rings. The lowest BCUT2D eigenvalue weighted by Crippen LogP contribution is -2.25. The van der Waals surface area contributed by atoms with Crippen LogP contribution in [0.2, 0.25) is 0 Å². The van der Waals surface area contributed by atoms with Crippen LogP contribution >= 0.6 is 11.3 Å².